The summed E-state index contributed by atoms with van der Waals surface area (Å²) < 4.78 is 32.3. The first-order valence-electron chi connectivity index (χ1n) is 8.95. The fourth-order valence-electron chi connectivity index (χ4n) is 2.65. The van der Waals surface area contributed by atoms with Gasteiger partial charge in [0.05, 0.1) is 24.3 Å². The number of hydrogen-bond donors (Lipinski definition) is 1. The fraction of sp³-hybridized carbons (Fsp3) is 0.300. The highest BCUT2D eigenvalue weighted by Gasteiger charge is 2.29. The number of hydrazone groups is 1. The quantitative estimate of drug-likeness (QED) is 0.323. The van der Waals surface area contributed by atoms with E-state index in [-0.39, 0.29) is 0 Å². The maximum Gasteiger partial charge on any atom is 0.263 e. The molecule has 2 rings (SSSR count). The first kappa shape index (κ1) is 23.1. The van der Waals surface area contributed by atoms with Crippen LogP contribution in [0.1, 0.15) is 26.3 Å². The van der Waals surface area contributed by atoms with Crippen molar-refractivity contribution in [1.82, 2.24) is 5.43 Å². The van der Waals surface area contributed by atoms with Crippen molar-refractivity contribution in [2.75, 3.05) is 17.2 Å². The second kappa shape index (κ2) is 10.1. The molecule has 0 heterocycles. The molecule has 1 atom stereocenters. The average Bonchev–Trinajstić information content (AvgIpc) is 2.67. The lowest BCUT2D eigenvalue weighted by atomic mass is 10.1. The van der Waals surface area contributed by atoms with E-state index in [1.165, 1.54) is 6.92 Å². The van der Waals surface area contributed by atoms with Crippen molar-refractivity contribution >= 4 is 49.9 Å². The predicted molar refractivity (Wildman–Crippen MR) is 124 cm³/mol. The monoisotopic (exact) mass is 529 g/mol. The predicted octanol–water partition coefficient (Wildman–Crippen LogP) is 3.38. The van der Waals surface area contributed by atoms with E-state index in [4.69, 9.17) is 4.74 Å². The Kier molecular flexibility index (Phi) is 8.03. The molecular formula is C20H24IN3O4S. The van der Waals surface area contributed by atoms with Crippen molar-refractivity contribution < 1.29 is 17.9 Å². The van der Waals surface area contributed by atoms with Crippen LogP contribution in [0.5, 0.6) is 5.75 Å². The van der Waals surface area contributed by atoms with Gasteiger partial charge in [-0.05, 0) is 85.3 Å². The summed E-state index contributed by atoms with van der Waals surface area (Å²) in [4.78, 5) is 12.6. The fourth-order valence-corrected chi connectivity index (χ4v) is 4.19. The zero-order valence-corrected chi connectivity index (χ0v) is 19.7. The van der Waals surface area contributed by atoms with Crippen molar-refractivity contribution in [1.29, 1.82) is 0 Å². The molecule has 0 saturated heterocycles. The molecule has 0 aliphatic carbocycles. The SMILES string of the molecule is CCOc1ccc(N([C@@H](C)C(=O)N/N=C(/C)c2ccc(I)cc2)S(C)(=O)=O)cc1. The van der Waals surface area contributed by atoms with E-state index in [1.807, 2.05) is 31.2 Å². The van der Waals surface area contributed by atoms with Gasteiger partial charge in [-0.2, -0.15) is 5.10 Å². The maximum absolute atomic E-state index is 12.6. The molecule has 0 aliphatic rings. The molecule has 0 aromatic heterocycles. The van der Waals surface area contributed by atoms with E-state index in [2.05, 4.69) is 33.1 Å². The summed E-state index contributed by atoms with van der Waals surface area (Å²) in [5.74, 6) is 0.0914. The van der Waals surface area contributed by atoms with Crippen molar-refractivity contribution in [3.05, 3.63) is 57.7 Å². The third kappa shape index (κ3) is 6.43. The van der Waals surface area contributed by atoms with Gasteiger partial charge in [0, 0.05) is 3.57 Å². The Morgan fingerprint density at radius 1 is 1.17 bits per heavy atom. The number of rotatable bonds is 8. The van der Waals surface area contributed by atoms with E-state index in [1.54, 1.807) is 31.2 Å². The van der Waals surface area contributed by atoms with Gasteiger partial charge < -0.3 is 4.74 Å². The Labute approximate surface area is 185 Å². The second-order valence-corrected chi connectivity index (χ2v) is 9.45. The Morgan fingerprint density at radius 3 is 2.28 bits per heavy atom. The Balaban J connectivity index is 2.20. The third-order valence-electron chi connectivity index (χ3n) is 4.09. The molecule has 0 radical (unpaired) electrons. The van der Waals surface area contributed by atoms with Crippen LogP contribution in [0.4, 0.5) is 5.69 Å². The summed E-state index contributed by atoms with van der Waals surface area (Å²) in [7, 11) is -3.70. The van der Waals surface area contributed by atoms with Gasteiger partial charge in [-0.25, -0.2) is 13.8 Å². The zero-order chi connectivity index (χ0) is 21.6. The van der Waals surface area contributed by atoms with Crippen LogP contribution in [0.2, 0.25) is 0 Å². The number of benzene rings is 2. The molecule has 9 heteroatoms. The van der Waals surface area contributed by atoms with Gasteiger partial charge in [0.15, 0.2) is 0 Å². The number of anilines is 1. The number of sulfonamides is 1. The normalized spacial score (nSPS) is 12.9. The van der Waals surface area contributed by atoms with Crippen molar-refractivity contribution in [3.63, 3.8) is 0 Å². The summed E-state index contributed by atoms with van der Waals surface area (Å²) >= 11 is 2.21. The lowest BCUT2D eigenvalue weighted by Gasteiger charge is -2.27. The van der Waals surface area contributed by atoms with Gasteiger partial charge >= 0.3 is 0 Å². The van der Waals surface area contributed by atoms with Crippen LogP contribution in [0.25, 0.3) is 0 Å². The van der Waals surface area contributed by atoms with E-state index < -0.39 is 22.0 Å². The van der Waals surface area contributed by atoms with Crippen LogP contribution in [-0.2, 0) is 14.8 Å². The van der Waals surface area contributed by atoms with E-state index >= 15 is 0 Å². The van der Waals surface area contributed by atoms with Crippen LogP contribution in [0.15, 0.2) is 53.6 Å². The Bertz CT molecular complexity index is 974. The Hall–Kier alpha value is -2.14. The van der Waals surface area contributed by atoms with Crippen molar-refractivity contribution in [3.8, 4) is 5.75 Å². The van der Waals surface area contributed by atoms with E-state index in [0.717, 1.165) is 19.7 Å². The first-order valence-corrected chi connectivity index (χ1v) is 11.9. The molecule has 1 amide bonds. The lowest BCUT2D eigenvalue weighted by molar-refractivity contribution is -0.121. The lowest BCUT2D eigenvalue weighted by Crippen LogP contribution is -2.46. The maximum atomic E-state index is 12.6. The molecule has 0 unspecified atom stereocenters. The highest BCUT2D eigenvalue weighted by atomic mass is 127. The standard InChI is InChI=1S/C20H24IN3O4S/c1-5-28-19-12-10-18(11-13-19)24(29(4,26)27)15(3)20(25)23-22-14(2)16-6-8-17(21)9-7-16/h6-13,15H,5H2,1-4H3,(H,23,25)/b22-14-/t15-/m0/s1. The van der Waals surface area contributed by atoms with Gasteiger partial charge in [0.1, 0.15) is 11.8 Å². The highest BCUT2D eigenvalue weighted by Crippen LogP contribution is 2.24. The summed E-state index contributed by atoms with van der Waals surface area (Å²) in [6, 6.07) is 13.2. The number of halogens is 1. The number of nitrogens with one attached hydrogen (secondary N) is 1. The first-order chi connectivity index (χ1) is 13.6. The molecule has 0 fully saturated rings. The summed E-state index contributed by atoms with van der Waals surface area (Å²) in [6.07, 6.45) is 1.06. The molecule has 156 valence electrons. The third-order valence-corrected chi connectivity index (χ3v) is 6.05. The number of ether oxygens (including phenoxy) is 1. The zero-order valence-electron chi connectivity index (χ0n) is 16.7. The molecular weight excluding hydrogens is 505 g/mol. The summed E-state index contributed by atoms with van der Waals surface area (Å²) in [5.41, 5.74) is 4.32. The van der Waals surface area contributed by atoms with Crippen molar-refractivity contribution in [2.24, 2.45) is 5.10 Å². The molecule has 2 aromatic carbocycles. The van der Waals surface area contributed by atoms with Crippen LogP contribution in [-0.4, -0.2) is 38.9 Å². The minimum atomic E-state index is -3.70. The van der Waals surface area contributed by atoms with Crippen LogP contribution < -0.4 is 14.5 Å². The van der Waals surface area contributed by atoms with E-state index in [9.17, 15) is 13.2 Å². The van der Waals surface area contributed by atoms with Gasteiger partial charge in [-0.3, -0.25) is 9.10 Å². The molecule has 0 bridgehead atoms. The molecule has 7 nitrogen and oxygen atoms in total. The minimum Gasteiger partial charge on any atom is -0.494 e. The highest BCUT2D eigenvalue weighted by molar-refractivity contribution is 14.1. The number of carbonyl (C=O) groups is 1. The largest absolute Gasteiger partial charge is 0.494 e. The number of carbonyl (C=O) groups excluding carboxylic acids is 1. The molecule has 29 heavy (non-hydrogen) atoms. The number of nitrogens with zero attached hydrogens (tertiary/aromatic N) is 2. The molecule has 1 N–H and O–H groups in total. The average molecular weight is 529 g/mol. The smallest absolute Gasteiger partial charge is 0.263 e. The topological polar surface area (TPSA) is 88.1 Å². The molecule has 0 aliphatic heterocycles. The number of hydrogen-bond acceptors (Lipinski definition) is 5. The summed E-state index contributed by atoms with van der Waals surface area (Å²) in [5, 5.41) is 4.11. The van der Waals surface area contributed by atoms with E-state index in [0.29, 0.717) is 23.8 Å². The summed E-state index contributed by atoms with van der Waals surface area (Å²) in [6.45, 7) is 5.66. The molecule has 0 saturated carbocycles. The van der Waals surface area contributed by atoms with Gasteiger partial charge in [0.2, 0.25) is 10.0 Å². The van der Waals surface area contributed by atoms with Crippen molar-refractivity contribution in [2.45, 2.75) is 26.8 Å². The second-order valence-electron chi connectivity index (χ2n) is 6.34. The van der Waals surface area contributed by atoms with Gasteiger partial charge in [-0.15, -0.1) is 0 Å². The van der Waals surface area contributed by atoms with Crippen LogP contribution >= 0.6 is 22.6 Å². The van der Waals surface area contributed by atoms with Crippen LogP contribution in [0.3, 0.4) is 0 Å². The molecule has 0 spiro atoms. The molecule has 2 aromatic rings. The number of amides is 1. The Morgan fingerprint density at radius 2 is 1.76 bits per heavy atom. The van der Waals surface area contributed by atoms with Gasteiger partial charge in [-0.1, -0.05) is 12.1 Å². The van der Waals surface area contributed by atoms with Crippen LogP contribution in [0, 0.1) is 3.57 Å². The minimum absolute atomic E-state index is 0.372. The van der Waals surface area contributed by atoms with Gasteiger partial charge in [0.25, 0.3) is 5.91 Å².